The molecule has 1 rings (SSSR count). The van der Waals surface area contributed by atoms with Crippen LogP contribution in [0.1, 0.15) is 37.8 Å². The number of rotatable bonds is 10. The zero-order valence-corrected chi connectivity index (χ0v) is 14.8. The zero-order valence-electron chi connectivity index (χ0n) is 14.8. The molecular formula is C18H22O8. The molecule has 142 valence electrons. The predicted octanol–water partition coefficient (Wildman–Crippen LogP) is 1.68. The van der Waals surface area contributed by atoms with Crippen LogP contribution in [0.5, 0.6) is 0 Å². The van der Waals surface area contributed by atoms with Crippen LogP contribution in [0, 0.1) is 0 Å². The van der Waals surface area contributed by atoms with Gasteiger partial charge in [-0.25, -0.2) is 0 Å². The Labute approximate surface area is 151 Å². The average Bonchev–Trinajstić information content (AvgIpc) is 2.59. The minimum absolute atomic E-state index is 0.0150. The van der Waals surface area contributed by atoms with Gasteiger partial charge in [-0.1, -0.05) is 24.3 Å². The quantitative estimate of drug-likeness (QED) is 0.350. The van der Waals surface area contributed by atoms with Crippen LogP contribution < -0.4 is 0 Å². The van der Waals surface area contributed by atoms with Crippen molar-refractivity contribution in [2.45, 2.75) is 39.9 Å². The monoisotopic (exact) mass is 366 g/mol. The molecule has 0 aliphatic rings. The van der Waals surface area contributed by atoms with Crippen molar-refractivity contribution in [1.29, 1.82) is 0 Å². The molecule has 8 heteroatoms. The first kappa shape index (κ1) is 21.1. The predicted molar refractivity (Wildman–Crippen MR) is 88.5 cm³/mol. The molecule has 0 amide bonds. The van der Waals surface area contributed by atoms with Crippen LogP contribution in [0.2, 0.25) is 0 Å². The fraction of sp³-hybridized carbons (Fsp3) is 0.444. The van der Waals surface area contributed by atoms with Crippen LogP contribution in [-0.4, -0.2) is 37.1 Å². The van der Waals surface area contributed by atoms with Crippen molar-refractivity contribution in [1.82, 2.24) is 0 Å². The Morgan fingerprint density at radius 3 is 1.23 bits per heavy atom. The van der Waals surface area contributed by atoms with E-state index in [-0.39, 0.29) is 26.4 Å². The van der Waals surface area contributed by atoms with Crippen molar-refractivity contribution >= 4 is 23.9 Å². The van der Waals surface area contributed by atoms with Crippen LogP contribution in [-0.2, 0) is 51.3 Å². The van der Waals surface area contributed by atoms with Gasteiger partial charge in [0.2, 0.25) is 0 Å². The molecule has 0 heterocycles. The van der Waals surface area contributed by atoms with Gasteiger partial charge in [-0.3, -0.25) is 19.2 Å². The summed E-state index contributed by atoms with van der Waals surface area (Å²) >= 11 is 0. The van der Waals surface area contributed by atoms with E-state index < -0.39 is 36.7 Å². The summed E-state index contributed by atoms with van der Waals surface area (Å²) in [6.07, 6.45) is -0.856. The van der Waals surface area contributed by atoms with Gasteiger partial charge in [0, 0.05) is 0 Å². The van der Waals surface area contributed by atoms with E-state index in [1.807, 2.05) is 0 Å². The van der Waals surface area contributed by atoms with E-state index in [1.165, 1.54) is 0 Å². The van der Waals surface area contributed by atoms with Crippen molar-refractivity contribution in [3.8, 4) is 0 Å². The normalized spacial score (nSPS) is 9.92. The number of benzene rings is 1. The molecule has 0 radical (unpaired) electrons. The smallest absolute Gasteiger partial charge is 0.317 e. The topological polar surface area (TPSA) is 105 Å². The summed E-state index contributed by atoms with van der Waals surface area (Å²) in [4.78, 5) is 45.2. The van der Waals surface area contributed by atoms with E-state index in [2.05, 4.69) is 9.47 Å². The highest BCUT2D eigenvalue weighted by atomic mass is 16.6. The minimum Gasteiger partial charge on any atom is -0.466 e. The summed E-state index contributed by atoms with van der Waals surface area (Å²) in [6, 6.07) is 6.80. The van der Waals surface area contributed by atoms with Crippen molar-refractivity contribution in [2.75, 3.05) is 13.2 Å². The summed E-state index contributed by atoms with van der Waals surface area (Å²) in [7, 11) is 0. The second-order valence-corrected chi connectivity index (χ2v) is 5.10. The molecule has 0 N–H and O–H groups in total. The molecule has 0 atom stereocenters. The Hall–Kier alpha value is -2.90. The van der Waals surface area contributed by atoms with Gasteiger partial charge in [-0.05, 0) is 25.0 Å². The number of carbonyl (C=O) groups is 4. The summed E-state index contributed by atoms with van der Waals surface area (Å²) in [6.45, 7) is 3.75. The summed E-state index contributed by atoms with van der Waals surface area (Å²) in [5.74, 6) is -2.59. The van der Waals surface area contributed by atoms with Gasteiger partial charge >= 0.3 is 23.9 Å². The Kier molecular flexibility index (Phi) is 9.45. The van der Waals surface area contributed by atoms with Gasteiger partial charge in [0.25, 0.3) is 0 Å². The third-order valence-electron chi connectivity index (χ3n) is 3.01. The number of hydrogen-bond donors (Lipinski definition) is 0. The lowest BCUT2D eigenvalue weighted by Gasteiger charge is -2.07. The average molecular weight is 366 g/mol. The highest BCUT2D eigenvalue weighted by Crippen LogP contribution is 2.08. The molecule has 0 spiro atoms. The van der Waals surface area contributed by atoms with Crippen LogP contribution >= 0.6 is 0 Å². The maximum absolute atomic E-state index is 11.5. The molecule has 0 bridgehead atoms. The molecule has 0 fully saturated rings. The van der Waals surface area contributed by atoms with E-state index in [9.17, 15) is 19.2 Å². The molecular weight excluding hydrogens is 344 g/mol. The van der Waals surface area contributed by atoms with Gasteiger partial charge in [-0.2, -0.15) is 0 Å². The molecule has 1 aromatic rings. The van der Waals surface area contributed by atoms with Gasteiger partial charge in [0.05, 0.1) is 13.2 Å². The first-order chi connectivity index (χ1) is 12.4. The van der Waals surface area contributed by atoms with E-state index in [4.69, 9.17) is 9.47 Å². The molecule has 0 saturated heterocycles. The fourth-order valence-electron chi connectivity index (χ4n) is 1.82. The standard InChI is InChI=1S/C18H22O8/c1-3-23-15(19)9-17(21)25-11-13-5-7-14(8-6-13)12-26-18(22)10-16(20)24-4-2/h5-8H,3-4,9-12H2,1-2H3. The third-order valence-corrected chi connectivity index (χ3v) is 3.01. The zero-order chi connectivity index (χ0) is 19.4. The summed E-state index contributed by atoms with van der Waals surface area (Å²) in [5, 5.41) is 0. The molecule has 0 aliphatic carbocycles. The summed E-state index contributed by atoms with van der Waals surface area (Å²) < 4.78 is 19.3. The number of esters is 4. The Balaban J connectivity index is 2.34. The molecule has 0 aliphatic heterocycles. The Bertz CT molecular complexity index is 566. The first-order valence-electron chi connectivity index (χ1n) is 8.14. The molecule has 0 aromatic heterocycles. The highest BCUT2D eigenvalue weighted by Gasteiger charge is 2.13. The Morgan fingerprint density at radius 2 is 0.923 bits per heavy atom. The fourth-order valence-corrected chi connectivity index (χ4v) is 1.82. The number of hydrogen-bond acceptors (Lipinski definition) is 8. The Morgan fingerprint density at radius 1 is 0.615 bits per heavy atom. The van der Waals surface area contributed by atoms with Crippen molar-refractivity contribution < 1.29 is 38.1 Å². The number of carbonyl (C=O) groups excluding carboxylic acids is 4. The molecule has 26 heavy (non-hydrogen) atoms. The van der Waals surface area contributed by atoms with Crippen molar-refractivity contribution in [3.63, 3.8) is 0 Å². The summed E-state index contributed by atoms with van der Waals surface area (Å²) in [5.41, 5.74) is 1.42. The van der Waals surface area contributed by atoms with Crippen molar-refractivity contribution in [2.24, 2.45) is 0 Å². The van der Waals surface area contributed by atoms with Gasteiger partial charge in [0.1, 0.15) is 26.1 Å². The first-order valence-corrected chi connectivity index (χ1v) is 8.14. The van der Waals surface area contributed by atoms with E-state index in [0.717, 1.165) is 0 Å². The lowest BCUT2D eigenvalue weighted by Crippen LogP contribution is -2.14. The third kappa shape index (κ3) is 8.81. The maximum Gasteiger partial charge on any atom is 0.317 e. The van der Waals surface area contributed by atoms with Crippen LogP contribution in [0.3, 0.4) is 0 Å². The van der Waals surface area contributed by atoms with Gasteiger partial charge in [0.15, 0.2) is 0 Å². The lowest BCUT2D eigenvalue weighted by atomic mass is 10.1. The van der Waals surface area contributed by atoms with E-state index >= 15 is 0 Å². The molecule has 1 aromatic carbocycles. The highest BCUT2D eigenvalue weighted by molar-refractivity contribution is 5.91. The van der Waals surface area contributed by atoms with Crippen LogP contribution in [0.15, 0.2) is 24.3 Å². The number of ether oxygens (including phenoxy) is 4. The minimum atomic E-state index is -0.666. The maximum atomic E-state index is 11.5. The largest absolute Gasteiger partial charge is 0.466 e. The SMILES string of the molecule is CCOC(=O)CC(=O)OCc1ccc(COC(=O)CC(=O)OCC)cc1. The van der Waals surface area contributed by atoms with E-state index in [0.29, 0.717) is 11.1 Å². The van der Waals surface area contributed by atoms with Crippen LogP contribution in [0.25, 0.3) is 0 Å². The van der Waals surface area contributed by atoms with Crippen molar-refractivity contribution in [3.05, 3.63) is 35.4 Å². The lowest BCUT2D eigenvalue weighted by molar-refractivity contribution is -0.156. The van der Waals surface area contributed by atoms with Crippen LogP contribution in [0.4, 0.5) is 0 Å². The van der Waals surface area contributed by atoms with Gasteiger partial charge in [-0.15, -0.1) is 0 Å². The second kappa shape index (κ2) is 11.6. The second-order valence-electron chi connectivity index (χ2n) is 5.10. The van der Waals surface area contributed by atoms with E-state index in [1.54, 1.807) is 38.1 Å². The molecule has 0 unspecified atom stereocenters. The molecule has 0 saturated carbocycles. The molecule has 8 nitrogen and oxygen atoms in total. The van der Waals surface area contributed by atoms with Gasteiger partial charge < -0.3 is 18.9 Å².